The van der Waals surface area contributed by atoms with E-state index in [1.807, 2.05) is 0 Å². The van der Waals surface area contributed by atoms with Gasteiger partial charge < -0.3 is 15.2 Å². The van der Waals surface area contributed by atoms with E-state index >= 15 is 0 Å². The van der Waals surface area contributed by atoms with E-state index in [-0.39, 0.29) is 25.7 Å². The van der Waals surface area contributed by atoms with Crippen molar-refractivity contribution in [2.45, 2.75) is 0 Å². The van der Waals surface area contributed by atoms with E-state index in [2.05, 4.69) is 5.32 Å². The lowest BCUT2D eigenvalue weighted by Crippen LogP contribution is -2.31. The Labute approximate surface area is 103 Å². The van der Waals surface area contributed by atoms with Crippen molar-refractivity contribution in [1.29, 1.82) is 0 Å². The lowest BCUT2D eigenvalue weighted by molar-refractivity contribution is -0.123. The summed E-state index contributed by atoms with van der Waals surface area (Å²) in [4.78, 5) is 11.1. The fourth-order valence-corrected chi connectivity index (χ4v) is 1.31. The summed E-state index contributed by atoms with van der Waals surface area (Å²) < 4.78 is 5.17. The lowest BCUT2D eigenvalue weighted by Gasteiger charge is -2.08. The van der Waals surface area contributed by atoms with Crippen LogP contribution < -0.4 is 10.1 Å². The van der Waals surface area contributed by atoms with Crippen molar-refractivity contribution in [3.8, 4) is 5.75 Å². The highest BCUT2D eigenvalue weighted by molar-refractivity contribution is 6.34. The number of carbonyl (C=O) groups is 1. The summed E-state index contributed by atoms with van der Waals surface area (Å²) >= 11 is 11.6. The minimum Gasteiger partial charge on any atom is -0.482 e. The Balaban J connectivity index is 2.47. The van der Waals surface area contributed by atoms with Gasteiger partial charge in [-0.05, 0) is 12.1 Å². The van der Waals surface area contributed by atoms with Crippen molar-refractivity contribution in [2.75, 3.05) is 19.8 Å². The third-order valence-electron chi connectivity index (χ3n) is 1.69. The number of halogens is 2. The molecule has 1 amide bonds. The molecule has 0 spiro atoms. The van der Waals surface area contributed by atoms with Crippen LogP contribution in [0.25, 0.3) is 0 Å². The van der Waals surface area contributed by atoms with Crippen LogP contribution in [0.15, 0.2) is 18.2 Å². The Hall–Kier alpha value is -0.970. The zero-order valence-electron chi connectivity index (χ0n) is 8.37. The van der Waals surface area contributed by atoms with Gasteiger partial charge in [-0.2, -0.15) is 0 Å². The molecule has 4 nitrogen and oxygen atoms in total. The summed E-state index contributed by atoms with van der Waals surface area (Å²) in [7, 11) is 0. The van der Waals surface area contributed by atoms with Crippen molar-refractivity contribution < 1.29 is 14.6 Å². The molecular weight excluding hydrogens is 253 g/mol. The number of ether oxygens (including phenoxy) is 1. The minimum atomic E-state index is -0.329. The number of nitrogens with one attached hydrogen (secondary N) is 1. The molecule has 6 heteroatoms. The molecule has 0 aliphatic carbocycles. The zero-order chi connectivity index (χ0) is 12.0. The maximum atomic E-state index is 11.1. The standard InChI is InChI=1S/C10H11Cl2NO3/c11-7-1-2-8(12)9(5-7)16-6-10(15)13-3-4-14/h1-2,5,14H,3-4,6H2,(H,13,15). The largest absolute Gasteiger partial charge is 0.482 e. The number of benzene rings is 1. The van der Waals surface area contributed by atoms with Gasteiger partial charge in [0.15, 0.2) is 6.61 Å². The molecule has 0 heterocycles. The highest BCUT2D eigenvalue weighted by Crippen LogP contribution is 2.27. The molecule has 0 unspecified atom stereocenters. The van der Waals surface area contributed by atoms with Gasteiger partial charge in [-0.15, -0.1) is 0 Å². The third-order valence-corrected chi connectivity index (χ3v) is 2.23. The predicted molar refractivity (Wildman–Crippen MR) is 62.1 cm³/mol. The van der Waals surface area contributed by atoms with Gasteiger partial charge in [-0.1, -0.05) is 23.2 Å². The van der Waals surface area contributed by atoms with Gasteiger partial charge in [0, 0.05) is 17.6 Å². The molecule has 0 saturated heterocycles. The summed E-state index contributed by atoms with van der Waals surface area (Å²) in [6.45, 7) is -0.0742. The van der Waals surface area contributed by atoms with E-state index in [0.29, 0.717) is 15.8 Å². The summed E-state index contributed by atoms with van der Waals surface area (Å²) in [5.74, 6) is 0.0263. The molecule has 0 saturated carbocycles. The first-order chi connectivity index (χ1) is 7.63. The Kier molecular flexibility index (Phi) is 5.38. The molecule has 0 aliphatic heterocycles. The molecule has 0 fully saturated rings. The van der Waals surface area contributed by atoms with Gasteiger partial charge in [0.25, 0.3) is 5.91 Å². The van der Waals surface area contributed by atoms with Crippen LogP contribution in [0.3, 0.4) is 0 Å². The summed E-state index contributed by atoms with van der Waals surface area (Å²) in [5.41, 5.74) is 0. The van der Waals surface area contributed by atoms with Crippen LogP contribution in [0.2, 0.25) is 10.0 Å². The fourth-order valence-electron chi connectivity index (χ4n) is 0.977. The normalized spacial score (nSPS) is 9.94. The molecule has 0 aromatic heterocycles. The monoisotopic (exact) mass is 263 g/mol. The highest BCUT2D eigenvalue weighted by atomic mass is 35.5. The molecule has 1 aromatic carbocycles. The van der Waals surface area contributed by atoms with Crippen molar-refractivity contribution in [2.24, 2.45) is 0 Å². The van der Waals surface area contributed by atoms with Crippen LogP contribution in [-0.2, 0) is 4.79 Å². The number of hydrogen-bond donors (Lipinski definition) is 2. The third kappa shape index (κ3) is 4.26. The minimum absolute atomic E-state index is 0.107. The lowest BCUT2D eigenvalue weighted by atomic mass is 10.3. The van der Waals surface area contributed by atoms with Crippen molar-refractivity contribution in [1.82, 2.24) is 5.32 Å². The number of carbonyl (C=O) groups excluding carboxylic acids is 1. The Morgan fingerprint density at radius 1 is 1.44 bits per heavy atom. The van der Waals surface area contributed by atoms with Crippen LogP contribution >= 0.6 is 23.2 Å². The smallest absolute Gasteiger partial charge is 0.258 e. The first-order valence-corrected chi connectivity index (χ1v) is 5.34. The SMILES string of the molecule is O=C(COc1cc(Cl)ccc1Cl)NCCO. The van der Waals surface area contributed by atoms with E-state index < -0.39 is 0 Å². The first-order valence-electron chi connectivity index (χ1n) is 4.59. The van der Waals surface area contributed by atoms with E-state index in [9.17, 15) is 4.79 Å². The van der Waals surface area contributed by atoms with Crippen LogP contribution in [-0.4, -0.2) is 30.8 Å². The Morgan fingerprint density at radius 3 is 2.88 bits per heavy atom. The first kappa shape index (κ1) is 13.1. The molecule has 1 rings (SSSR count). The summed E-state index contributed by atoms with van der Waals surface area (Å²) in [5, 5.41) is 11.8. The van der Waals surface area contributed by atoms with Crippen molar-refractivity contribution in [3.05, 3.63) is 28.2 Å². The maximum absolute atomic E-state index is 11.1. The maximum Gasteiger partial charge on any atom is 0.258 e. The van der Waals surface area contributed by atoms with E-state index in [1.54, 1.807) is 12.1 Å². The molecule has 0 radical (unpaired) electrons. The van der Waals surface area contributed by atoms with Crippen molar-refractivity contribution >= 4 is 29.1 Å². The van der Waals surface area contributed by atoms with Gasteiger partial charge in [0.1, 0.15) is 5.75 Å². The van der Waals surface area contributed by atoms with Gasteiger partial charge in [-0.3, -0.25) is 4.79 Å². The number of aliphatic hydroxyl groups excluding tert-OH is 1. The number of aliphatic hydroxyl groups is 1. The predicted octanol–water partition coefficient (Wildman–Crippen LogP) is 1.48. The second kappa shape index (κ2) is 6.58. The highest BCUT2D eigenvalue weighted by Gasteiger charge is 2.05. The number of amides is 1. The molecule has 0 aliphatic rings. The molecule has 2 N–H and O–H groups in total. The van der Waals surface area contributed by atoms with Gasteiger partial charge in [0.05, 0.1) is 11.6 Å². The van der Waals surface area contributed by atoms with E-state index in [1.165, 1.54) is 6.07 Å². The molecule has 16 heavy (non-hydrogen) atoms. The topological polar surface area (TPSA) is 58.6 Å². The molecule has 1 aromatic rings. The van der Waals surface area contributed by atoms with Crippen molar-refractivity contribution in [3.63, 3.8) is 0 Å². The molecule has 0 atom stereocenters. The summed E-state index contributed by atoms with van der Waals surface area (Å²) in [6, 6.07) is 4.75. The van der Waals surface area contributed by atoms with Crippen LogP contribution in [0, 0.1) is 0 Å². The molecule has 0 bridgehead atoms. The fraction of sp³-hybridized carbons (Fsp3) is 0.300. The number of rotatable bonds is 5. The molecule has 88 valence electrons. The quantitative estimate of drug-likeness (QED) is 0.846. The van der Waals surface area contributed by atoms with Crippen LogP contribution in [0.4, 0.5) is 0 Å². The second-order valence-corrected chi connectivity index (χ2v) is 3.78. The second-order valence-electron chi connectivity index (χ2n) is 2.94. The molecular formula is C10H11Cl2NO3. The average molecular weight is 264 g/mol. The van der Waals surface area contributed by atoms with E-state index in [0.717, 1.165) is 0 Å². The van der Waals surface area contributed by atoms with Gasteiger partial charge in [0.2, 0.25) is 0 Å². The van der Waals surface area contributed by atoms with Gasteiger partial charge >= 0.3 is 0 Å². The van der Waals surface area contributed by atoms with Crippen LogP contribution in [0.1, 0.15) is 0 Å². The van der Waals surface area contributed by atoms with E-state index in [4.69, 9.17) is 33.0 Å². The van der Waals surface area contributed by atoms with Crippen LogP contribution in [0.5, 0.6) is 5.75 Å². The Morgan fingerprint density at radius 2 is 2.19 bits per heavy atom. The zero-order valence-corrected chi connectivity index (χ0v) is 9.88. The Bertz CT molecular complexity index is 371. The summed E-state index contributed by atoms with van der Waals surface area (Å²) in [6.07, 6.45) is 0. The number of hydrogen-bond acceptors (Lipinski definition) is 3. The van der Waals surface area contributed by atoms with Gasteiger partial charge in [-0.25, -0.2) is 0 Å². The average Bonchev–Trinajstić information content (AvgIpc) is 2.27.